The number of nitrogens with zero attached hydrogens (tertiary/aromatic N) is 1. The monoisotopic (exact) mass is 413 g/mol. The minimum atomic E-state index is -3.88. The number of hydrazine groups is 1. The molecular weight excluding hydrogens is 394 g/mol. The van der Waals surface area contributed by atoms with E-state index in [1.807, 2.05) is 19.9 Å². The molecule has 0 spiro atoms. The van der Waals surface area contributed by atoms with Crippen molar-refractivity contribution in [3.05, 3.63) is 50.8 Å². The minimum absolute atomic E-state index is 0.202. The number of carbonyl (C=O) groups excluding carboxylic acids is 1. The second kappa shape index (κ2) is 6.70. The topological polar surface area (TPSA) is 80.2 Å². The molecule has 1 amide bonds. The van der Waals surface area contributed by atoms with Crippen LogP contribution in [0.3, 0.4) is 0 Å². The zero-order valence-corrected chi connectivity index (χ0v) is 16.6. The fraction of sp³-hybridized carbons (Fsp3) is 0.312. The van der Waals surface area contributed by atoms with Crippen LogP contribution in [0.4, 0.5) is 0 Å². The number of aryl methyl sites for hydroxylation is 3. The predicted molar refractivity (Wildman–Crippen MR) is 96.3 cm³/mol. The zero-order chi connectivity index (χ0) is 18.2. The molecule has 1 aromatic heterocycles. The van der Waals surface area contributed by atoms with Crippen molar-refractivity contribution in [1.82, 2.24) is 14.8 Å². The summed E-state index contributed by atoms with van der Waals surface area (Å²) in [4.78, 5) is 14.6. The van der Waals surface area contributed by atoms with Gasteiger partial charge in [0.25, 0.3) is 15.9 Å². The summed E-state index contributed by atoms with van der Waals surface area (Å²) < 4.78 is 27.7. The molecule has 6 nitrogen and oxygen atoms in total. The van der Waals surface area contributed by atoms with Crippen molar-refractivity contribution < 1.29 is 13.2 Å². The highest BCUT2D eigenvalue weighted by molar-refractivity contribution is 9.10. The van der Waals surface area contributed by atoms with Crippen LogP contribution in [0.15, 0.2) is 27.7 Å². The Labute approximate surface area is 150 Å². The van der Waals surface area contributed by atoms with E-state index < -0.39 is 15.9 Å². The van der Waals surface area contributed by atoms with Crippen molar-refractivity contribution >= 4 is 31.9 Å². The molecule has 24 heavy (non-hydrogen) atoms. The Hall–Kier alpha value is -1.64. The average Bonchev–Trinajstić information content (AvgIpc) is 2.81. The van der Waals surface area contributed by atoms with E-state index in [1.54, 1.807) is 37.7 Å². The van der Waals surface area contributed by atoms with Crippen molar-refractivity contribution in [2.24, 2.45) is 7.05 Å². The van der Waals surface area contributed by atoms with Gasteiger partial charge in [-0.3, -0.25) is 10.2 Å². The zero-order valence-electron chi connectivity index (χ0n) is 14.2. The molecule has 2 N–H and O–H groups in total. The van der Waals surface area contributed by atoms with Crippen LogP contribution in [0.5, 0.6) is 0 Å². The first-order valence-electron chi connectivity index (χ1n) is 7.26. The Morgan fingerprint density at radius 3 is 2.08 bits per heavy atom. The lowest BCUT2D eigenvalue weighted by molar-refractivity contribution is 0.0937. The molecule has 2 aromatic rings. The second-order valence-corrected chi connectivity index (χ2v) is 8.34. The van der Waals surface area contributed by atoms with Gasteiger partial charge in [-0.1, -0.05) is 6.07 Å². The lowest BCUT2D eigenvalue weighted by Gasteiger charge is -2.16. The van der Waals surface area contributed by atoms with Crippen LogP contribution in [-0.4, -0.2) is 18.9 Å². The lowest BCUT2D eigenvalue weighted by atomic mass is 10.0. The number of halogens is 1. The first-order valence-corrected chi connectivity index (χ1v) is 9.53. The molecule has 0 aliphatic carbocycles. The van der Waals surface area contributed by atoms with E-state index in [4.69, 9.17) is 0 Å². The molecule has 130 valence electrons. The molecule has 1 heterocycles. The van der Waals surface area contributed by atoms with E-state index in [0.717, 1.165) is 15.6 Å². The number of hydrogen-bond acceptors (Lipinski definition) is 3. The Kier molecular flexibility index (Phi) is 5.22. The first kappa shape index (κ1) is 18.7. The van der Waals surface area contributed by atoms with E-state index in [9.17, 15) is 13.2 Å². The lowest BCUT2D eigenvalue weighted by Crippen LogP contribution is -2.42. The molecule has 0 unspecified atom stereocenters. The summed E-state index contributed by atoms with van der Waals surface area (Å²) in [6.45, 7) is 7.24. The number of rotatable bonds is 4. The van der Waals surface area contributed by atoms with Gasteiger partial charge in [0.15, 0.2) is 0 Å². The molecule has 8 heteroatoms. The minimum Gasteiger partial charge on any atom is -0.345 e. The smallest absolute Gasteiger partial charge is 0.282 e. The number of amides is 1. The molecule has 2 rings (SSSR count). The first-order chi connectivity index (χ1) is 11.0. The van der Waals surface area contributed by atoms with Gasteiger partial charge >= 0.3 is 0 Å². The summed E-state index contributed by atoms with van der Waals surface area (Å²) in [6, 6.07) is 3.56. The summed E-state index contributed by atoms with van der Waals surface area (Å²) in [5.74, 6) is -0.536. The van der Waals surface area contributed by atoms with Gasteiger partial charge in [0, 0.05) is 17.7 Å². The molecule has 0 fully saturated rings. The molecule has 0 saturated heterocycles. The Morgan fingerprint density at radius 2 is 1.62 bits per heavy atom. The fourth-order valence-corrected chi connectivity index (χ4v) is 4.54. The Balaban J connectivity index is 2.30. The van der Waals surface area contributed by atoms with E-state index >= 15 is 0 Å². The van der Waals surface area contributed by atoms with Crippen LogP contribution in [-0.2, 0) is 17.1 Å². The molecule has 0 radical (unpaired) electrons. The molecule has 0 bridgehead atoms. The van der Waals surface area contributed by atoms with E-state index in [2.05, 4.69) is 26.2 Å². The quantitative estimate of drug-likeness (QED) is 0.755. The highest BCUT2D eigenvalue weighted by atomic mass is 79.9. The molecule has 0 saturated carbocycles. The van der Waals surface area contributed by atoms with Crippen molar-refractivity contribution in [3.63, 3.8) is 0 Å². The van der Waals surface area contributed by atoms with Gasteiger partial charge in [-0.15, -0.1) is 4.83 Å². The maximum absolute atomic E-state index is 12.7. The van der Waals surface area contributed by atoms with Gasteiger partial charge < -0.3 is 4.57 Å². The number of carbonyl (C=O) groups is 1. The van der Waals surface area contributed by atoms with Gasteiger partial charge in [-0.25, -0.2) is 8.42 Å². The number of sulfonamides is 1. The summed E-state index contributed by atoms with van der Waals surface area (Å²) in [7, 11) is -2.18. The van der Waals surface area contributed by atoms with E-state index in [0.29, 0.717) is 16.8 Å². The molecule has 1 aromatic carbocycles. The van der Waals surface area contributed by atoms with Crippen LogP contribution >= 0.6 is 15.9 Å². The Bertz CT molecular complexity index is 891. The number of aromatic nitrogens is 1. The van der Waals surface area contributed by atoms with Crippen LogP contribution in [0.1, 0.15) is 32.7 Å². The Morgan fingerprint density at radius 1 is 1.08 bits per heavy atom. The normalized spacial score (nSPS) is 11.6. The van der Waals surface area contributed by atoms with Gasteiger partial charge in [-0.05, 0) is 71.9 Å². The third kappa shape index (κ3) is 3.55. The second-order valence-electron chi connectivity index (χ2n) is 5.80. The van der Waals surface area contributed by atoms with Gasteiger partial charge in [0.05, 0.1) is 4.90 Å². The summed E-state index contributed by atoms with van der Waals surface area (Å²) in [5.41, 5.74) is 5.71. The highest BCUT2D eigenvalue weighted by Crippen LogP contribution is 2.25. The van der Waals surface area contributed by atoms with Crippen molar-refractivity contribution in [1.29, 1.82) is 0 Å². The standard InChI is InChI=1S/C16H20BrN3O3S/c1-9-6-10(2)12(4)15(11(9)3)24(22,23)19-18-16(21)14-7-13(17)8-20(14)5/h6-8,19H,1-5H3,(H,18,21). The van der Waals surface area contributed by atoms with E-state index in [1.165, 1.54) is 0 Å². The van der Waals surface area contributed by atoms with Crippen LogP contribution in [0.2, 0.25) is 0 Å². The third-order valence-corrected chi connectivity index (χ3v) is 6.02. The predicted octanol–water partition coefficient (Wildman–Crippen LogP) is 2.64. The van der Waals surface area contributed by atoms with Crippen LogP contribution < -0.4 is 10.3 Å². The fourth-order valence-electron chi connectivity index (χ4n) is 2.56. The van der Waals surface area contributed by atoms with Gasteiger partial charge in [0.1, 0.15) is 5.69 Å². The van der Waals surface area contributed by atoms with E-state index in [-0.39, 0.29) is 4.90 Å². The molecule has 0 aliphatic rings. The van der Waals surface area contributed by atoms with Gasteiger partial charge in [-0.2, -0.15) is 0 Å². The summed E-state index contributed by atoms with van der Waals surface area (Å²) >= 11 is 3.27. The number of hydrogen-bond donors (Lipinski definition) is 2. The summed E-state index contributed by atoms with van der Waals surface area (Å²) in [5, 5.41) is 0. The van der Waals surface area contributed by atoms with Crippen molar-refractivity contribution in [3.8, 4) is 0 Å². The molecule has 0 aliphatic heterocycles. The SMILES string of the molecule is Cc1cc(C)c(C)c(S(=O)(=O)NNC(=O)c2cc(Br)cn2C)c1C. The number of nitrogens with one attached hydrogen (secondary N) is 2. The number of benzene rings is 1. The summed E-state index contributed by atoms with van der Waals surface area (Å²) in [6.07, 6.45) is 1.71. The maximum atomic E-state index is 12.7. The molecule has 0 atom stereocenters. The largest absolute Gasteiger partial charge is 0.345 e. The highest BCUT2D eigenvalue weighted by Gasteiger charge is 2.23. The van der Waals surface area contributed by atoms with Crippen LogP contribution in [0.25, 0.3) is 0 Å². The van der Waals surface area contributed by atoms with Gasteiger partial charge in [0.2, 0.25) is 0 Å². The van der Waals surface area contributed by atoms with Crippen molar-refractivity contribution in [2.75, 3.05) is 0 Å². The molecular formula is C16H20BrN3O3S. The van der Waals surface area contributed by atoms with Crippen LogP contribution in [0, 0.1) is 27.7 Å². The maximum Gasteiger partial charge on any atom is 0.282 e. The van der Waals surface area contributed by atoms with Crippen molar-refractivity contribution in [2.45, 2.75) is 32.6 Å². The average molecular weight is 414 g/mol. The third-order valence-electron chi connectivity index (χ3n) is 4.07.